The van der Waals surface area contributed by atoms with Crippen LogP contribution in [-0.4, -0.2) is 54.7 Å². The summed E-state index contributed by atoms with van der Waals surface area (Å²) >= 11 is 0. The molecule has 2 heterocycles. The summed E-state index contributed by atoms with van der Waals surface area (Å²) in [5, 5.41) is 15.0. The first-order valence-electron chi connectivity index (χ1n) is 9.07. The Bertz CT molecular complexity index is 385. The predicted molar refractivity (Wildman–Crippen MR) is 89.5 cm³/mol. The molecule has 1 spiro atoms. The standard InChI is InChI=1S/C17H31N3O3/c21-15(22)5-3-1-2-4-10-19-16(23)20-13-8-17(9-14-20)6-11-18-12-7-17/h18H,1-14H2,(H,19,23)(H,21,22). The smallest absolute Gasteiger partial charge is 0.317 e. The SMILES string of the molecule is O=C(O)CCCCCCNC(=O)N1CCC2(CCNCC2)CC1. The molecule has 0 atom stereocenters. The molecule has 6 heteroatoms. The zero-order valence-electron chi connectivity index (χ0n) is 14.1. The van der Waals surface area contributed by atoms with Crippen LogP contribution in [0.4, 0.5) is 4.79 Å². The lowest BCUT2D eigenvalue weighted by Gasteiger charge is -2.44. The van der Waals surface area contributed by atoms with E-state index in [4.69, 9.17) is 5.11 Å². The number of likely N-dealkylation sites (tertiary alicyclic amines) is 1. The van der Waals surface area contributed by atoms with Crippen molar-refractivity contribution in [3.05, 3.63) is 0 Å². The summed E-state index contributed by atoms with van der Waals surface area (Å²) < 4.78 is 0. The molecule has 0 aromatic heterocycles. The first-order valence-corrected chi connectivity index (χ1v) is 9.07. The molecule has 0 radical (unpaired) electrons. The third-order valence-electron chi connectivity index (χ3n) is 5.37. The highest BCUT2D eigenvalue weighted by atomic mass is 16.4. The molecule has 0 saturated carbocycles. The van der Waals surface area contributed by atoms with Gasteiger partial charge in [-0.1, -0.05) is 12.8 Å². The van der Waals surface area contributed by atoms with Crippen LogP contribution in [0.15, 0.2) is 0 Å². The summed E-state index contributed by atoms with van der Waals surface area (Å²) in [6.07, 6.45) is 8.57. The van der Waals surface area contributed by atoms with Crippen LogP contribution in [0, 0.1) is 5.41 Å². The van der Waals surface area contributed by atoms with Gasteiger partial charge in [-0.2, -0.15) is 0 Å². The van der Waals surface area contributed by atoms with Crippen molar-refractivity contribution in [2.24, 2.45) is 5.41 Å². The number of hydrogen-bond acceptors (Lipinski definition) is 3. The molecule has 2 amide bonds. The van der Waals surface area contributed by atoms with Gasteiger partial charge >= 0.3 is 12.0 Å². The van der Waals surface area contributed by atoms with Crippen LogP contribution in [0.25, 0.3) is 0 Å². The van der Waals surface area contributed by atoms with Crippen molar-refractivity contribution in [2.45, 2.75) is 57.8 Å². The van der Waals surface area contributed by atoms with E-state index >= 15 is 0 Å². The molecule has 3 N–H and O–H groups in total. The molecule has 0 aliphatic carbocycles. The largest absolute Gasteiger partial charge is 0.481 e. The monoisotopic (exact) mass is 325 g/mol. The lowest BCUT2D eigenvalue weighted by molar-refractivity contribution is -0.137. The highest BCUT2D eigenvalue weighted by Crippen LogP contribution is 2.39. The molecule has 0 aromatic carbocycles. The Morgan fingerprint density at radius 1 is 1.00 bits per heavy atom. The second-order valence-corrected chi connectivity index (χ2v) is 7.03. The van der Waals surface area contributed by atoms with E-state index < -0.39 is 5.97 Å². The number of carbonyl (C=O) groups excluding carboxylic acids is 1. The number of piperidine rings is 2. The van der Waals surface area contributed by atoms with Crippen LogP contribution >= 0.6 is 0 Å². The van der Waals surface area contributed by atoms with Crippen LogP contribution < -0.4 is 10.6 Å². The lowest BCUT2D eigenvalue weighted by atomic mass is 9.72. The first kappa shape index (κ1) is 18.0. The number of carbonyl (C=O) groups is 2. The lowest BCUT2D eigenvalue weighted by Crippen LogP contribution is -2.50. The van der Waals surface area contributed by atoms with Crippen molar-refractivity contribution < 1.29 is 14.7 Å². The Morgan fingerprint density at radius 3 is 2.30 bits per heavy atom. The Balaban J connectivity index is 1.54. The molecule has 2 fully saturated rings. The summed E-state index contributed by atoms with van der Waals surface area (Å²) in [5.41, 5.74) is 0.478. The molecule has 0 aromatic rings. The van der Waals surface area contributed by atoms with E-state index in [1.54, 1.807) is 0 Å². The van der Waals surface area contributed by atoms with Crippen LogP contribution in [0.2, 0.25) is 0 Å². The molecule has 6 nitrogen and oxygen atoms in total. The molecule has 0 bridgehead atoms. The maximum atomic E-state index is 12.2. The van der Waals surface area contributed by atoms with Gasteiger partial charge in [-0.05, 0) is 57.0 Å². The molecule has 132 valence electrons. The minimum atomic E-state index is -0.727. The average Bonchev–Trinajstić information content (AvgIpc) is 2.55. The number of unbranched alkanes of at least 4 members (excludes halogenated alkanes) is 3. The second kappa shape index (κ2) is 9.11. The third-order valence-corrected chi connectivity index (χ3v) is 5.37. The molecule has 2 rings (SSSR count). The zero-order valence-corrected chi connectivity index (χ0v) is 14.1. The molecule has 2 aliphatic heterocycles. The molecule has 2 saturated heterocycles. The van der Waals surface area contributed by atoms with E-state index in [2.05, 4.69) is 10.6 Å². The van der Waals surface area contributed by atoms with E-state index in [0.29, 0.717) is 12.0 Å². The number of carboxylic acid groups (broad SMARTS) is 1. The molecular weight excluding hydrogens is 294 g/mol. The Hall–Kier alpha value is -1.30. The fourth-order valence-corrected chi connectivity index (χ4v) is 3.70. The number of amides is 2. The van der Waals surface area contributed by atoms with Crippen molar-refractivity contribution in [3.8, 4) is 0 Å². The minimum Gasteiger partial charge on any atom is -0.481 e. The summed E-state index contributed by atoms with van der Waals surface area (Å²) in [6, 6.07) is 0.0688. The van der Waals surface area contributed by atoms with Gasteiger partial charge in [0.15, 0.2) is 0 Å². The van der Waals surface area contributed by atoms with Crippen molar-refractivity contribution >= 4 is 12.0 Å². The van der Waals surface area contributed by atoms with Crippen molar-refractivity contribution in [2.75, 3.05) is 32.7 Å². The molecular formula is C17H31N3O3. The van der Waals surface area contributed by atoms with Gasteiger partial charge in [0, 0.05) is 26.1 Å². The van der Waals surface area contributed by atoms with Crippen molar-refractivity contribution in [1.82, 2.24) is 15.5 Å². The van der Waals surface area contributed by atoms with Gasteiger partial charge in [-0.3, -0.25) is 4.79 Å². The van der Waals surface area contributed by atoms with E-state index in [-0.39, 0.29) is 12.5 Å². The maximum Gasteiger partial charge on any atom is 0.317 e. The number of carboxylic acids is 1. The fourth-order valence-electron chi connectivity index (χ4n) is 3.70. The van der Waals surface area contributed by atoms with Gasteiger partial charge in [-0.15, -0.1) is 0 Å². The van der Waals surface area contributed by atoms with Gasteiger partial charge in [0.1, 0.15) is 0 Å². The topological polar surface area (TPSA) is 81.7 Å². The maximum absolute atomic E-state index is 12.2. The van der Waals surface area contributed by atoms with Crippen LogP contribution in [0.5, 0.6) is 0 Å². The fraction of sp³-hybridized carbons (Fsp3) is 0.882. The van der Waals surface area contributed by atoms with E-state index in [1.165, 1.54) is 12.8 Å². The van der Waals surface area contributed by atoms with Crippen molar-refractivity contribution in [3.63, 3.8) is 0 Å². The van der Waals surface area contributed by atoms with E-state index in [1.807, 2.05) is 4.90 Å². The Morgan fingerprint density at radius 2 is 1.65 bits per heavy atom. The van der Waals surface area contributed by atoms with Crippen LogP contribution in [-0.2, 0) is 4.79 Å². The summed E-state index contributed by atoms with van der Waals surface area (Å²) in [5.74, 6) is -0.727. The van der Waals surface area contributed by atoms with Gasteiger partial charge in [0.2, 0.25) is 0 Å². The van der Waals surface area contributed by atoms with Gasteiger partial charge in [0.05, 0.1) is 0 Å². The Labute approximate surface area is 139 Å². The zero-order chi connectivity index (χ0) is 16.5. The Kier molecular flexibility index (Phi) is 7.15. The molecule has 0 unspecified atom stereocenters. The number of aliphatic carboxylic acids is 1. The first-order chi connectivity index (χ1) is 11.1. The minimum absolute atomic E-state index is 0.0688. The third kappa shape index (κ3) is 6.01. The quantitative estimate of drug-likeness (QED) is 0.627. The van der Waals surface area contributed by atoms with Crippen LogP contribution in [0.3, 0.4) is 0 Å². The van der Waals surface area contributed by atoms with Gasteiger partial charge in [-0.25, -0.2) is 4.79 Å². The predicted octanol–water partition coefficient (Wildman–Crippen LogP) is 2.20. The normalized spacial score (nSPS) is 20.4. The average molecular weight is 325 g/mol. The summed E-state index contributed by atoms with van der Waals surface area (Å²) in [4.78, 5) is 24.5. The van der Waals surface area contributed by atoms with E-state index in [0.717, 1.165) is 64.7 Å². The van der Waals surface area contributed by atoms with Crippen molar-refractivity contribution in [1.29, 1.82) is 0 Å². The second-order valence-electron chi connectivity index (χ2n) is 7.03. The molecule has 2 aliphatic rings. The van der Waals surface area contributed by atoms with E-state index in [9.17, 15) is 9.59 Å². The van der Waals surface area contributed by atoms with Gasteiger partial charge in [0.25, 0.3) is 0 Å². The number of nitrogens with one attached hydrogen (secondary N) is 2. The van der Waals surface area contributed by atoms with Gasteiger partial charge < -0.3 is 20.6 Å². The highest BCUT2D eigenvalue weighted by molar-refractivity contribution is 5.74. The highest BCUT2D eigenvalue weighted by Gasteiger charge is 2.36. The summed E-state index contributed by atoms with van der Waals surface area (Å²) in [7, 11) is 0. The summed E-state index contributed by atoms with van der Waals surface area (Å²) in [6.45, 7) is 4.69. The number of nitrogens with zero attached hydrogens (tertiary/aromatic N) is 1. The number of hydrogen-bond donors (Lipinski definition) is 3. The van der Waals surface area contributed by atoms with Crippen LogP contribution in [0.1, 0.15) is 57.8 Å². The number of urea groups is 1. The number of rotatable bonds is 7. The molecule has 23 heavy (non-hydrogen) atoms.